The second-order valence-corrected chi connectivity index (χ2v) is 13.3. The van der Waals surface area contributed by atoms with Crippen molar-refractivity contribution >= 4 is 14.3 Å². The van der Waals surface area contributed by atoms with Gasteiger partial charge in [0.05, 0.1) is 6.61 Å². The number of rotatable bonds is 10. The highest BCUT2D eigenvalue weighted by Gasteiger charge is 2.44. The molecular formula is C20H36O4Si. The maximum absolute atomic E-state index is 11.3. The molecule has 0 aliphatic heterocycles. The normalized spacial score (nSPS) is 15.8. The van der Waals surface area contributed by atoms with E-state index in [0.29, 0.717) is 23.2 Å². The van der Waals surface area contributed by atoms with Gasteiger partial charge in [-0.25, -0.2) is 4.79 Å². The summed E-state index contributed by atoms with van der Waals surface area (Å²) in [6.45, 7) is 14.5. The van der Waals surface area contributed by atoms with Crippen LogP contribution in [0, 0.1) is 0 Å². The quantitative estimate of drug-likeness (QED) is 0.234. The molecule has 0 aromatic heterocycles. The lowest BCUT2D eigenvalue weighted by molar-refractivity contribution is -0.136. The lowest BCUT2D eigenvalue weighted by Gasteiger charge is -2.41. The number of carbonyl (C=O) groups is 1. The minimum Gasteiger partial charge on any atom is -0.482 e. The molecule has 0 heterocycles. The Labute approximate surface area is 154 Å². The largest absolute Gasteiger partial charge is 0.482 e. The lowest BCUT2D eigenvalue weighted by atomic mass is 10.2. The molecule has 25 heavy (non-hydrogen) atoms. The Hall–Kier alpha value is -1.07. The zero-order valence-electron chi connectivity index (χ0n) is 16.8. The lowest BCUT2D eigenvalue weighted by Crippen LogP contribution is -2.47. The van der Waals surface area contributed by atoms with E-state index in [2.05, 4.69) is 41.5 Å². The van der Waals surface area contributed by atoms with Gasteiger partial charge in [-0.2, -0.15) is 0 Å². The Balaban J connectivity index is 2.57. The molecule has 0 amide bonds. The first-order valence-corrected chi connectivity index (χ1v) is 11.7. The van der Waals surface area contributed by atoms with Crippen LogP contribution in [0.4, 0.5) is 0 Å². The third-order valence-corrected chi connectivity index (χ3v) is 11.4. The Bertz CT molecular complexity index is 462. The molecule has 0 radical (unpaired) electrons. The van der Waals surface area contributed by atoms with Crippen LogP contribution >= 0.6 is 0 Å². The maximum atomic E-state index is 11.3. The summed E-state index contributed by atoms with van der Waals surface area (Å²) >= 11 is 0. The van der Waals surface area contributed by atoms with Crippen LogP contribution < -0.4 is 0 Å². The molecule has 1 saturated carbocycles. The second kappa shape index (κ2) is 10.2. The van der Waals surface area contributed by atoms with Gasteiger partial charge in [-0.3, -0.25) is 0 Å². The minimum atomic E-state index is -1.84. The van der Waals surface area contributed by atoms with Crippen LogP contribution in [-0.4, -0.2) is 32.6 Å². The highest BCUT2D eigenvalue weighted by molar-refractivity contribution is 6.77. The van der Waals surface area contributed by atoms with Crippen LogP contribution in [0.1, 0.15) is 67.2 Å². The molecule has 1 N–H and O–H groups in total. The van der Waals surface area contributed by atoms with Gasteiger partial charge in [-0.05, 0) is 54.0 Å². The van der Waals surface area contributed by atoms with Crippen LogP contribution in [-0.2, 0) is 14.0 Å². The van der Waals surface area contributed by atoms with E-state index in [1.807, 2.05) is 12.2 Å². The molecule has 1 rings (SSSR count). The fraction of sp³-hybridized carbons (Fsp3) is 0.750. The molecule has 0 aromatic rings. The van der Waals surface area contributed by atoms with Crippen molar-refractivity contribution in [2.45, 2.75) is 83.8 Å². The van der Waals surface area contributed by atoms with E-state index in [9.17, 15) is 9.90 Å². The van der Waals surface area contributed by atoms with Gasteiger partial charge >= 0.3 is 5.97 Å². The number of hydrogen-bond donors (Lipinski definition) is 1. The Morgan fingerprint density at radius 2 is 1.48 bits per heavy atom. The van der Waals surface area contributed by atoms with Crippen molar-refractivity contribution in [1.29, 1.82) is 0 Å². The van der Waals surface area contributed by atoms with Crippen molar-refractivity contribution in [3.05, 3.63) is 23.5 Å². The standard InChI is InChI=1S/C20H36O4Si/c1-15(2)25(16(3)4,17(5)6)24-14-10-9-13-23-19(20(21)22)18-11-7-8-12-18/h9-10,15-17H,7-8,11-14H2,1-6H3,(H,21,22)/b10-9-. The minimum absolute atomic E-state index is 0.151. The number of ether oxygens (including phenoxy) is 1. The van der Waals surface area contributed by atoms with Gasteiger partial charge < -0.3 is 14.3 Å². The molecule has 0 saturated heterocycles. The molecule has 144 valence electrons. The SMILES string of the molecule is CC(C)[Si](OC/C=C\COC(C(=O)O)=C1CCCC1)(C(C)C)C(C)C. The van der Waals surface area contributed by atoms with E-state index < -0.39 is 14.3 Å². The topological polar surface area (TPSA) is 55.8 Å². The van der Waals surface area contributed by atoms with Crippen molar-refractivity contribution < 1.29 is 19.1 Å². The van der Waals surface area contributed by atoms with Gasteiger partial charge in [0.15, 0.2) is 0 Å². The number of carboxylic acid groups (broad SMARTS) is 1. The van der Waals surface area contributed by atoms with Crippen molar-refractivity contribution in [3.63, 3.8) is 0 Å². The molecule has 0 aromatic carbocycles. The molecule has 1 aliphatic rings. The van der Waals surface area contributed by atoms with Crippen molar-refractivity contribution in [1.82, 2.24) is 0 Å². The first kappa shape index (κ1) is 22.0. The van der Waals surface area contributed by atoms with Crippen molar-refractivity contribution in [2.75, 3.05) is 13.2 Å². The Morgan fingerprint density at radius 1 is 1.00 bits per heavy atom. The monoisotopic (exact) mass is 368 g/mol. The molecular weight excluding hydrogens is 332 g/mol. The van der Waals surface area contributed by atoms with Crippen LogP contribution in [0.25, 0.3) is 0 Å². The number of carboxylic acids is 1. The molecule has 0 spiro atoms. The zero-order chi connectivity index (χ0) is 19.0. The van der Waals surface area contributed by atoms with E-state index in [4.69, 9.17) is 9.16 Å². The van der Waals surface area contributed by atoms with Gasteiger partial charge in [0.25, 0.3) is 0 Å². The average molecular weight is 369 g/mol. The van der Waals surface area contributed by atoms with Crippen LogP contribution in [0.15, 0.2) is 23.5 Å². The van der Waals surface area contributed by atoms with E-state index >= 15 is 0 Å². The molecule has 5 heteroatoms. The van der Waals surface area contributed by atoms with E-state index in [1.165, 1.54) is 0 Å². The summed E-state index contributed by atoms with van der Waals surface area (Å²) in [5, 5.41) is 9.30. The first-order chi connectivity index (χ1) is 11.7. The maximum Gasteiger partial charge on any atom is 0.371 e. The second-order valence-electron chi connectivity index (χ2n) is 7.86. The number of hydrogen-bond acceptors (Lipinski definition) is 3. The molecule has 1 fully saturated rings. The molecule has 0 atom stereocenters. The van der Waals surface area contributed by atoms with Crippen LogP contribution in [0.5, 0.6) is 0 Å². The zero-order valence-corrected chi connectivity index (χ0v) is 17.8. The predicted molar refractivity (Wildman–Crippen MR) is 105 cm³/mol. The summed E-state index contributed by atoms with van der Waals surface area (Å²) in [5.41, 5.74) is 2.62. The summed E-state index contributed by atoms with van der Waals surface area (Å²) in [5.74, 6) is -0.800. The molecule has 0 unspecified atom stereocenters. The summed E-state index contributed by atoms with van der Waals surface area (Å²) in [4.78, 5) is 11.3. The van der Waals surface area contributed by atoms with E-state index in [1.54, 1.807) is 0 Å². The molecule has 4 nitrogen and oxygen atoms in total. The molecule has 0 bridgehead atoms. The van der Waals surface area contributed by atoms with Crippen LogP contribution in [0.2, 0.25) is 16.6 Å². The van der Waals surface area contributed by atoms with E-state index in [-0.39, 0.29) is 12.4 Å². The van der Waals surface area contributed by atoms with Gasteiger partial charge in [0.2, 0.25) is 14.1 Å². The third-order valence-electron chi connectivity index (χ3n) is 5.35. The fourth-order valence-electron chi connectivity index (χ4n) is 4.30. The summed E-state index contributed by atoms with van der Waals surface area (Å²) in [6, 6.07) is 0. The fourth-order valence-corrected chi connectivity index (χ4v) is 9.69. The molecule has 1 aliphatic carbocycles. The highest BCUT2D eigenvalue weighted by Crippen LogP contribution is 2.42. The highest BCUT2D eigenvalue weighted by atomic mass is 28.4. The smallest absolute Gasteiger partial charge is 0.371 e. The Morgan fingerprint density at radius 3 is 1.92 bits per heavy atom. The van der Waals surface area contributed by atoms with Gasteiger partial charge in [0.1, 0.15) is 6.61 Å². The van der Waals surface area contributed by atoms with Crippen LogP contribution in [0.3, 0.4) is 0 Å². The average Bonchev–Trinajstić information content (AvgIpc) is 3.02. The predicted octanol–water partition coefficient (Wildman–Crippen LogP) is 5.66. The third kappa shape index (κ3) is 5.71. The summed E-state index contributed by atoms with van der Waals surface area (Å²) < 4.78 is 11.9. The van der Waals surface area contributed by atoms with Gasteiger partial charge in [0, 0.05) is 0 Å². The van der Waals surface area contributed by atoms with Gasteiger partial charge in [-0.15, -0.1) is 0 Å². The summed E-state index contributed by atoms with van der Waals surface area (Å²) in [6.07, 6.45) is 7.66. The van der Waals surface area contributed by atoms with Gasteiger partial charge in [-0.1, -0.05) is 47.6 Å². The van der Waals surface area contributed by atoms with Crippen molar-refractivity contribution in [2.24, 2.45) is 0 Å². The summed E-state index contributed by atoms with van der Waals surface area (Å²) in [7, 11) is -1.84. The number of allylic oxidation sites excluding steroid dienone is 1. The van der Waals surface area contributed by atoms with Crippen molar-refractivity contribution in [3.8, 4) is 0 Å². The Kier molecular flexibility index (Phi) is 8.93. The van der Waals surface area contributed by atoms with E-state index in [0.717, 1.165) is 31.3 Å². The number of aliphatic carboxylic acids is 1. The first-order valence-electron chi connectivity index (χ1n) is 9.60.